The van der Waals surface area contributed by atoms with Crippen molar-refractivity contribution in [2.24, 2.45) is 0 Å². The van der Waals surface area contributed by atoms with E-state index in [4.69, 9.17) is 0 Å². The van der Waals surface area contributed by atoms with Gasteiger partial charge in [-0.05, 0) is 5.56 Å². The smallest absolute Gasteiger partial charge is 0.0723 e. The van der Waals surface area contributed by atoms with Crippen LogP contribution in [0, 0.1) is 0 Å². The van der Waals surface area contributed by atoms with Crippen molar-refractivity contribution in [3.63, 3.8) is 0 Å². The second kappa shape index (κ2) is 4.49. The molecule has 1 N–H and O–H groups in total. The maximum Gasteiger partial charge on any atom is 0.0723 e. The Labute approximate surface area is 83.2 Å². The second-order valence-electron chi connectivity index (χ2n) is 3.02. The molecule has 0 saturated carbocycles. The van der Waals surface area contributed by atoms with Gasteiger partial charge < -0.3 is 5.32 Å². The van der Waals surface area contributed by atoms with Crippen LogP contribution in [0.4, 0.5) is 0 Å². The van der Waals surface area contributed by atoms with Gasteiger partial charge in [-0.15, -0.1) is 11.8 Å². The molecule has 13 heavy (non-hydrogen) atoms. The summed E-state index contributed by atoms with van der Waals surface area (Å²) in [5, 5.41) is 3.92. The third kappa shape index (κ3) is 2.61. The summed E-state index contributed by atoms with van der Waals surface area (Å²) in [6, 6.07) is 10.4. The maximum atomic E-state index is 3.40. The Morgan fingerprint density at radius 1 is 1.31 bits per heavy atom. The maximum absolute atomic E-state index is 3.40. The third-order valence-corrected chi connectivity index (χ3v) is 3.13. The molecule has 2 heteroatoms. The first-order chi connectivity index (χ1) is 6.45. The fourth-order valence-corrected chi connectivity index (χ4v) is 2.25. The van der Waals surface area contributed by atoms with Crippen LogP contribution in [0.3, 0.4) is 0 Å². The molecule has 68 valence electrons. The van der Waals surface area contributed by atoms with E-state index < -0.39 is 0 Å². The van der Waals surface area contributed by atoms with Gasteiger partial charge in [0.1, 0.15) is 0 Å². The number of nitrogens with one attached hydrogen (secondary N) is 1. The minimum atomic E-state index is 0.514. The van der Waals surface area contributed by atoms with Gasteiger partial charge in [0.15, 0.2) is 0 Å². The van der Waals surface area contributed by atoms with Crippen molar-refractivity contribution in [1.82, 2.24) is 5.32 Å². The molecule has 1 aliphatic heterocycles. The number of benzene rings is 1. The zero-order valence-corrected chi connectivity index (χ0v) is 8.26. The normalized spacial score (nSPS) is 22.6. The Morgan fingerprint density at radius 3 is 2.85 bits per heavy atom. The molecule has 0 amide bonds. The molecule has 1 atom stereocenters. The van der Waals surface area contributed by atoms with E-state index in [0.717, 1.165) is 6.54 Å². The monoisotopic (exact) mass is 191 g/mol. The highest BCUT2D eigenvalue weighted by Crippen LogP contribution is 2.15. The molecular formula is C11H13NS. The van der Waals surface area contributed by atoms with E-state index in [0.29, 0.717) is 5.37 Å². The molecular weight excluding hydrogens is 178 g/mol. The minimum Gasteiger partial charge on any atom is -0.301 e. The number of rotatable bonds is 2. The van der Waals surface area contributed by atoms with E-state index >= 15 is 0 Å². The van der Waals surface area contributed by atoms with Crippen LogP contribution in [0.15, 0.2) is 36.4 Å². The van der Waals surface area contributed by atoms with Gasteiger partial charge in [-0.1, -0.05) is 42.5 Å². The molecule has 1 fully saturated rings. The van der Waals surface area contributed by atoms with Crippen LogP contribution in [0.5, 0.6) is 0 Å². The van der Waals surface area contributed by atoms with Crippen molar-refractivity contribution in [3.05, 3.63) is 42.0 Å². The van der Waals surface area contributed by atoms with Gasteiger partial charge in [0, 0.05) is 12.3 Å². The SMILES string of the molecule is C(=CC1NCCS1)c1ccccc1. The highest BCUT2D eigenvalue weighted by atomic mass is 32.2. The number of thioether (sulfide) groups is 1. The largest absolute Gasteiger partial charge is 0.301 e. The van der Waals surface area contributed by atoms with Crippen LogP contribution in [0.25, 0.3) is 6.08 Å². The Kier molecular flexibility index (Phi) is 3.06. The van der Waals surface area contributed by atoms with E-state index in [-0.39, 0.29) is 0 Å². The van der Waals surface area contributed by atoms with E-state index in [9.17, 15) is 0 Å². The Hall–Kier alpha value is -0.730. The first-order valence-corrected chi connectivity index (χ1v) is 5.58. The third-order valence-electron chi connectivity index (χ3n) is 2.01. The van der Waals surface area contributed by atoms with Gasteiger partial charge in [-0.25, -0.2) is 0 Å². The van der Waals surface area contributed by atoms with Crippen molar-refractivity contribution in [1.29, 1.82) is 0 Å². The Bertz CT molecular complexity index is 275. The molecule has 0 radical (unpaired) electrons. The fourth-order valence-electron chi connectivity index (χ4n) is 1.33. The Morgan fingerprint density at radius 2 is 2.15 bits per heavy atom. The van der Waals surface area contributed by atoms with Gasteiger partial charge in [0.05, 0.1) is 5.37 Å². The van der Waals surface area contributed by atoms with Crippen LogP contribution in [-0.2, 0) is 0 Å². The van der Waals surface area contributed by atoms with Crippen LogP contribution in [-0.4, -0.2) is 17.7 Å². The highest BCUT2D eigenvalue weighted by Gasteiger charge is 2.09. The molecule has 0 aromatic heterocycles. The molecule has 0 spiro atoms. The summed E-state index contributed by atoms with van der Waals surface area (Å²) >= 11 is 1.96. The molecule has 1 unspecified atom stereocenters. The molecule has 0 bridgehead atoms. The van der Waals surface area contributed by atoms with E-state index in [1.165, 1.54) is 11.3 Å². The van der Waals surface area contributed by atoms with Crippen LogP contribution < -0.4 is 5.32 Å². The summed E-state index contributed by atoms with van der Waals surface area (Å²) in [4.78, 5) is 0. The van der Waals surface area contributed by atoms with Crippen LogP contribution in [0.2, 0.25) is 0 Å². The molecule has 1 heterocycles. The first-order valence-electron chi connectivity index (χ1n) is 4.53. The summed E-state index contributed by atoms with van der Waals surface area (Å²) < 4.78 is 0. The van der Waals surface area contributed by atoms with E-state index in [2.05, 4.69) is 41.7 Å². The zero-order chi connectivity index (χ0) is 8.93. The number of hydrogen-bond donors (Lipinski definition) is 1. The molecule has 1 aromatic rings. The van der Waals surface area contributed by atoms with Gasteiger partial charge in [0.25, 0.3) is 0 Å². The zero-order valence-electron chi connectivity index (χ0n) is 7.44. The lowest BCUT2D eigenvalue weighted by Crippen LogP contribution is -2.16. The highest BCUT2D eigenvalue weighted by molar-refractivity contribution is 8.00. The van der Waals surface area contributed by atoms with E-state index in [1.54, 1.807) is 0 Å². The molecule has 0 aliphatic carbocycles. The topological polar surface area (TPSA) is 12.0 Å². The lowest BCUT2D eigenvalue weighted by Gasteiger charge is -2.00. The van der Waals surface area contributed by atoms with Crippen molar-refractivity contribution in [3.8, 4) is 0 Å². The van der Waals surface area contributed by atoms with Gasteiger partial charge in [-0.3, -0.25) is 0 Å². The van der Waals surface area contributed by atoms with Crippen LogP contribution >= 0.6 is 11.8 Å². The predicted octanol–water partition coefficient (Wildman–Crippen LogP) is 2.36. The Balaban J connectivity index is 1.97. The van der Waals surface area contributed by atoms with E-state index in [1.807, 2.05) is 17.8 Å². The molecule has 1 aliphatic rings. The standard InChI is InChI=1S/C11H13NS/c1-2-4-10(5-3-1)6-7-11-12-8-9-13-11/h1-7,11-12H,8-9H2. The van der Waals surface area contributed by atoms with Crippen molar-refractivity contribution >= 4 is 17.8 Å². The van der Waals surface area contributed by atoms with Gasteiger partial charge >= 0.3 is 0 Å². The van der Waals surface area contributed by atoms with Crippen molar-refractivity contribution in [2.45, 2.75) is 5.37 Å². The quantitative estimate of drug-likeness (QED) is 0.770. The average Bonchev–Trinajstić information content (AvgIpc) is 2.69. The van der Waals surface area contributed by atoms with Gasteiger partial charge in [-0.2, -0.15) is 0 Å². The lowest BCUT2D eigenvalue weighted by atomic mass is 10.2. The first kappa shape index (κ1) is 8.85. The molecule has 1 aromatic carbocycles. The summed E-state index contributed by atoms with van der Waals surface area (Å²) in [5.41, 5.74) is 1.27. The fraction of sp³-hybridized carbons (Fsp3) is 0.273. The number of hydrogen-bond acceptors (Lipinski definition) is 2. The summed E-state index contributed by atoms with van der Waals surface area (Å²) in [5.74, 6) is 1.23. The van der Waals surface area contributed by atoms with Crippen molar-refractivity contribution < 1.29 is 0 Å². The molecule has 1 saturated heterocycles. The molecule has 1 nitrogen and oxygen atoms in total. The second-order valence-corrected chi connectivity index (χ2v) is 4.26. The minimum absolute atomic E-state index is 0.514. The van der Waals surface area contributed by atoms with Crippen molar-refractivity contribution in [2.75, 3.05) is 12.3 Å². The summed E-state index contributed by atoms with van der Waals surface area (Å²) in [6.45, 7) is 1.13. The molecule has 2 rings (SSSR count). The van der Waals surface area contributed by atoms with Crippen LogP contribution in [0.1, 0.15) is 5.56 Å². The van der Waals surface area contributed by atoms with Gasteiger partial charge in [0.2, 0.25) is 0 Å². The summed E-state index contributed by atoms with van der Waals surface area (Å²) in [6.07, 6.45) is 4.41. The predicted molar refractivity (Wildman–Crippen MR) is 59.7 cm³/mol. The summed E-state index contributed by atoms with van der Waals surface area (Å²) in [7, 11) is 0. The average molecular weight is 191 g/mol. The lowest BCUT2D eigenvalue weighted by molar-refractivity contribution is 0.807.